The third-order valence-electron chi connectivity index (χ3n) is 24.8. The highest BCUT2D eigenvalue weighted by atomic mass is 16.5. The van der Waals surface area contributed by atoms with E-state index in [1.165, 1.54) is 0 Å². The van der Waals surface area contributed by atoms with Crippen LogP contribution in [-0.4, -0.2) is 52.9 Å². The molecule has 12 heteroatoms. The first kappa shape index (κ1) is 95.9. The molecule has 0 amide bonds. The largest absolute Gasteiger partial charge is 0.494 e. The van der Waals surface area contributed by atoms with Crippen LogP contribution in [0.15, 0.2) is 415 Å². The first-order valence-electron chi connectivity index (χ1n) is 48.6. The van der Waals surface area contributed by atoms with E-state index in [4.69, 9.17) is 37.9 Å². The Bertz CT molecular complexity index is 5820. The summed E-state index contributed by atoms with van der Waals surface area (Å²) in [6.07, 6.45) is 23.3. The number of benzene rings is 16. The van der Waals surface area contributed by atoms with Crippen molar-refractivity contribution in [1.82, 2.24) is 0 Å². The quantitative estimate of drug-likeness (QED) is 0.0343. The minimum Gasteiger partial charge on any atom is -0.494 e. The van der Waals surface area contributed by atoms with E-state index in [1.54, 1.807) is 0 Å². The van der Waals surface area contributed by atoms with Crippen LogP contribution < -0.4 is 38.5 Å². The van der Waals surface area contributed by atoms with E-state index in [0.29, 0.717) is 79.3 Å². The third-order valence-corrected chi connectivity index (χ3v) is 24.8. The lowest BCUT2D eigenvalue weighted by Crippen LogP contribution is -2.10. The zero-order chi connectivity index (χ0) is 95.5. The molecule has 29 rings (SSSR count). The van der Waals surface area contributed by atoms with Crippen molar-refractivity contribution in [2.45, 2.75) is 77.8 Å². The number of ether oxygens (including phenoxy) is 8. The molecule has 0 aromatic heterocycles. The molecule has 140 heavy (non-hydrogen) atoms. The minimum absolute atomic E-state index is 0.510. The molecule has 0 saturated heterocycles. The Hall–Kier alpha value is -15.8. The van der Waals surface area contributed by atoms with Gasteiger partial charge in [0.2, 0.25) is 0 Å². The van der Waals surface area contributed by atoms with Gasteiger partial charge in [-0.1, -0.05) is 269 Å². The zero-order valence-electron chi connectivity index (χ0n) is 79.6. The van der Waals surface area contributed by atoms with E-state index in [2.05, 4.69) is 361 Å². The van der Waals surface area contributed by atoms with Crippen LogP contribution in [-0.2, 0) is 45.4 Å². The third kappa shape index (κ3) is 26.9. The molecule has 0 unspecified atom stereocenters. The number of rotatable bonds is 40. The fourth-order valence-electron chi connectivity index (χ4n) is 16.8. The summed E-state index contributed by atoms with van der Waals surface area (Å²) in [5, 5.41) is 0. The van der Waals surface area contributed by atoms with Gasteiger partial charge in [-0.15, -0.1) is 0 Å². The van der Waals surface area contributed by atoms with Crippen molar-refractivity contribution >= 4 is 117 Å². The predicted octanol–water partition coefficient (Wildman–Crippen LogP) is 33.6. The van der Waals surface area contributed by atoms with Crippen molar-refractivity contribution in [2.24, 2.45) is 0 Å². The van der Waals surface area contributed by atoms with Crippen LogP contribution in [0, 0.1) is 0 Å². The normalized spacial score (nSPS) is 12.3. The molecule has 0 spiro atoms. The van der Waals surface area contributed by atoms with Gasteiger partial charge in [-0.25, -0.2) is 0 Å². The van der Waals surface area contributed by atoms with Crippen LogP contribution in [0.1, 0.15) is 118 Å². The first-order valence-corrected chi connectivity index (χ1v) is 48.6. The van der Waals surface area contributed by atoms with Crippen LogP contribution in [0.3, 0.4) is 0 Å². The van der Waals surface area contributed by atoms with Gasteiger partial charge in [0, 0.05) is 94.7 Å². The predicted molar refractivity (Wildman–Crippen MR) is 584 cm³/mol. The molecule has 12 nitrogen and oxygen atoms in total. The van der Waals surface area contributed by atoms with Gasteiger partial charge >= 0.3 is 0 Å². The van der Waals surface area contributed by atoms with E-state index in [1.807, 2.05) is 121 Å². The van der Waals surface area contributed by atoms with Crippen molar-refractivity contribution < 1.29 is 37.9 Å². The van der Waals surface area contributed by atoms with E-state index < -0.39 is 0 Å². The number of hydrogen-bond acceptors (Lipinski definition) is 12. The van der Waals surface area contributed by atoms with Gasteiger partial charge in [-0.3, -0.25) is 0 Å². The molecule has 16 aromatic rings. The lowest BCUT2D eigenvalue weighted by molar-refractivity contribution is 0.113. The topological polar surface area (TPSA) is 86.8 Å². The Morgan fingerprint density at radius 2 is 0.314 bits per heavy atom. The molecule has 0 fully saturated rings. The van der Waals surface area contributed by atoms with Crippen molar-refractivity contribution in [1.29, 1.82) is 0 Å². The highest BCUT2D eigenvalue weighted by Gasteiger charge is 2.21. The number of hydrogen-bond donors (Lipinski definition) is 0. The molecule has 700 valence electrons. The molecule has 0 atom stereocenters. The van der Waals surface area contributed by atoms with E-state index in [-0.39, 0.29) is 0 Å². The molecule has 0 saturated carbocycles. The second kappa shape index (κ2) is 49.8. The summed E-state index contributed by atoms with van der Waals surface area (Å²) in [7, 11) is 0. The summed E-state index contributed by atoms with van der Waals surface area (Å²) in [5.41, 5.74) is 29.7. The van der Waals surface area contributed by atoms with Crippen LogP contribution in [0.5, 0.6) is 23.0 Å². The lowest BCUT2D eigenvalue weighted by atomic mass is 10.0. The summed E-state index contributed by atoms with van der Waals surface area (Å²) in [6.45, 7) is 22.6. The summed E-state index contributed by atoms with van der Waals surface area (Å²) in [5.74, 6) is 3.45. The van der Waals surface area contributed by atoms with Crippen LogP contribution >= 0.6 is 0 Å². The van der Waals surface area contributed by atoms with Crippen molar-refractivity contribution in [2.75, 3.05) is 72.5 Å². The summed E-state index contributed by atoms with van der Waals surface area (Å²) >= 11 is 0. The maximum absolute atomic E-state index is 6.25. The Balaban J connectivity index is 0.648. The van der Waals surface area contributed by atoms with Gasteiger partial charge in [-0.05, 0) is 335 Å². The summed E-state index contributed by atoms with van der Waals surface area (Å²) in [6, 6.07) is 138. The monoisotopic (exact) mass is 1840 g/mol. The Morgan fingerprint density at radius 3 is 0.479 bits per heavy atom. The summed E-state index contributed by atoms with van der Waals surface area (Å²) < 4.78 is 49.0. The maximum atomic E-state index is 6.25. The molecule has 13 aliphatic rings. The standard InChI is InChI=1S/C128H120N4O8/c1-5-97-37-77-125(78-38-97)137-89-13-9-85-133-93-105-29-61-117(62-30-105)129-113-53-21-101(22-54-113)17-18-102-23-55-114(56-24-102)131(119-65-33-107(34-66-119)95-135-87-11-15-91-139-127-81-41-99(7-3)42-82-127)123-73-49-111(50-74-123)112-51-75-124(76-52-112)132(120-67-35-108(36-68-120)96-136-88-12-16-92-140-128-83-43-100(8-4)44-84-128)116-59-27-104(28-60-116)20-19-103-25-57-115(58-26-103)130(122-71-47-110(48-72-122)109-45-69-121(129)70-46-109)118-63-31-106(32-64-118)94-134-86-10-14-90-138-126-79-39-98(6-2)40-80-126/h5-8,17-84H,1-4,9-16,85-96H2/b18-17-,20-19-. The Labute approximate surface area is 826 Å². The average Bonchev–Trinajstić information content (AvgIpc) is 0.797. The first-order chi connectivity index (χ1) is 69.2. The molecule has 13 heterocycles. The molecule has 13 aliphatic heterocycles. The van der Waals surface area contributed by atoms with Gasteiger partial charge in [-0.2, -0.15) is 0 Å². The smallest absolute Gasteiger partial charge is 0.119 e. The maximum Gasteiger partial charge on any atom is 0.119 e. The zero-order valence-corrected chi connectivity index (χ0v) is 79.6. The van der Waals surface area contributed by atoms with E-state index in [9.17, 15) is 0 Å². The van der Waals surface area contributed by atoms with Gasteiger partial charge in [0.1, 0.15) is 23.0 Å². The van der Waals surface area contributed by atoms with Crippen molar-refractivity contribution in [3.05, 3.63) is 481 Å². The van der Waals surface area contributed by atoms with Crippen LogP contribution in [0.2, 0.25) is 0 Å². The fraction of sp³-hybridized carbons (Fsp3) is 0.156. The molecule has 16 bridgehead atoms. The van der Waals surface area contributed by atoms with Crippen LogP contribution in [0.4, 0.5) is 68.2 Å². The van der Waals surface area contributed by atoms with Gasteiger partial charge in [0.15, 0.2) is 0 Å². The minimum atomic E-state index is 0.510. The Kier molecular flexibility index (Phi) is 34.1. The van der Waals surface area contributed by atoms with Crippen molar-refractivity contribution in [3.8, 4) is 45.3 Å². The van der Waals surface area contributed by atoms with Gasteiger partial charge < -0.3 is 57.5 Å². The molecular formula is C128H120N4O8. The van der Waals surface area contributed by atoms with E-state index in [0.717, 1.165) is 232 Å². The average molecular weight is 1840 g/mol. The molecular weight excluding hydrogens is 1720 g/mol. The molecule has 0 radical (unpaired) electrons. The van der Waals surface area contributed by atoms with Gasteiger partial charge in [0.25, 0.3) is 0 Å². The molecule has 16 aromatic carbocycles. The number of anilines is 12. The number of unbranched alkanes of at least 4 members (excludes halogenated alkanes) is 4. The van der Waals surface area contributed by atoms with E-state index >= 15 is 0 Å². The molecule has 0 N–H and O–H groups in total. The highest BCUT2D eigenvalue weighted by Crippen LogP contribution is 2.43. The second-order valence-electron chi connectivity index (χ2n) is 34.8. The van der Waals surface area contributed by atoms with Gasteiger partial charge in [0.05, 0.1) is 52.9 Å². The fourth-order valence-corrected chi connectivity index (χ4v) is 16.8. The van der Waals surface area contributed by atoms with Crippen LogP contribution in [0.25, 0.3) is 70.9 Å². The SMILES string of the molecule is C=Cc1ccc(OCCCCOCc2ccc(N3c4ccc(cc4)/C=C\c4ccc(cc4)N(c4ccc(COCCCCOc5ccc(C=C)cc5)cc4)c4ccc(cc4)-c4ccc(cc4)N(c4ccc(COCCCCOc5ccc(C=C)cc5)cc4)c4ccc(cc4)/C=C\c4ccc(cc4)N(c4ccc(COCCCCOc5ccc(C=C)cc5)cc4)c4ccc(cc4)-c4ccc3cc4)cc2)cc1. The number of nitrogens with zero attached hydrogens (tertiary/aromatic N) is 4. The molecule has 0 aliphatic carbocycles. The lowest BCUT2D eigenvalue weighted by Gasteiger charge is -2.27. The van der Waals surface area contributed by atoms with Crippen molar-refractivity contribution in [3.63, 3.8) is 0 Å². The Morgan fingerprint density at radius 1 is 0.164 bits per heavy atom. The second-order valence-corrected chi connectivity index (χ2v) is 34.8. The highest BCUT2D eigenvalue weighted by molar-refractivity contribution is 5.86. The summed E-state index contributed by atoms with van der Waals surface area (Å²) in [4.78, 5) is 9.30.